The molecule has 1 amide bonds. The first-order valence-electron chi connectivity index (χ1n) is 6.11. The molecule has 0 fully saturated rings. The van der Waals surface area contributed by atoms with E-state index in [1.54, 1.807) is 0 Å². The van der Waals surface area contributed by atoms with E-state index in [2.05, 4.69) is 10.4 Å². The third kappa shape index (κ3) is 1.81. The van der Waals surface area contributed by atoms with Crippen LogP contribution < -0.4 is 10.1 Å². The van der Waals surface area contributed by atoms with E-state index in [0.717, 1.165) is 36.3 Å². The molecular weight excluding hydrogens is 230 g/mol. The number of rotatable bonds is 3. The second-order valence-corrected chi connectivity index (χ2v) is 4.45. The van der Waals surface area contributed by atoms with E-state index in [0.29, 0.717) is 6.54 Å². The van der Waals surface area contributed by atoms with Gasteiger partial charge in [-0.1, -0.05) is 0 Å². The number of carbonyl (C=O) groups is 1. The largest absolute Gasteiger partial charge is 0.493 e. The van der Waals surface area contributed by atoms with Crippen molar-refractivity contribution in [1.29, 1.82) is 0 Å². The van der Waals surface area contributed by atoms with Crippen molar-refractivity contribution in [1.82, 2.24) is 14.9 Å². The highest BCUT2D eigenvalue weighted by atomic mass is 16.5. The van der Waals surface area contributed by atoms with Crippen LogP contribution in [-0.4, -0.2) is 28.7 Å². The summed E-state index contributed by atoms with van der Waals surface area (Å²) >= 11 is 0. The Morgan fingerprint density at radius 1 is 1.61 bits per heavy atom. The molecule has 0 saturated heterocycles. The Hall–Kier alpha value is -2.04. The number of carbonyl (C=O) groups excluding carboxylic acids is 1. The zero-order chi connectivity index (χ0) is 12.5. The number of hydrogen-bond donors (Lipinski definition) is 1. The Kier molecular flexibility index (Phi) is 2.66. The molecule has 1 N–H and O–H groups in total. The fourth-order valence-corrected chi connectivity index (χ4v) is 2.39. The third-order valence-electron chi connectivity index (χ3n) is 3.20. The highest BCUT2D eigenvalue weighted by Gasteiger charge is 2.18. The summed E-state index contributed by atoms with van der Waals surface area (Å²) in [5.41, 5.74) is 3.52. The molecule has 0 radical (unpaired) electrons. The van der Waals surface area contributed by atoms with E-state index >= 15 is 0 Å². The molecule has 5 nitrogen and oxygen atoms in total. The zero-order valence-corrected chi connectivity index (χ0v) is 10.3. The van der Waals surface area contributed by atoms with Crippen LogP contribution in [0.4, 0.5) is 0 Å². The minimum absolute atomic E-state index is 0.0000335. The summed E-state index contributed by atoms with van der Waals surface area (Å²) in [6.07, 6.45) is 5.51. The summed E-state index contributed by atoms with van der Waals surface area (Å²) in [6.45, 7) is 2.91. The fraction of sp³-hybridized carbons (Fsp3) is 0.385. The van der Waals surface area contributed by atoms with Gasteiger partial charge in [0.15, 0.2) is 0 Å². The molecule has 1 aliphatic rings. The Labute approximate surface area is 105 Å². The van der Waals surface area contributed by atoms with Crippen LogP contribution in [0.25, 0.3) is 5.52 Å². The van der Waals surface area contributed by atoms with Gasteiger partial charge in [-0.15, -0.1) is 0 Å². The van der Waals surface area contributed by atoms with Crippen LogP contribution in [0.5, 0.6) is 5.75 Å². The Morgan fingerprint density at radius 3 is 3.33 bits per heavy atom. The van der Waals surface area contributed by atoms with Crippen LogP contribution in [0.2, 0.25) is 0 Å². The number of nitrogens with one attached hydrogen (secondary N) is 1. The molecule has 2 aromatic heterocycles. The first kappa shape index (κ1) is 11.1. The van der Waals surface area contributed by atoms with Crippen LogP contribution in [-0.2, 0) is 17.6 Å². The van der Waals surface area contributed by atoms with Crippen molar-refractivity contribution in [3.63, 3.8) is 0 Å². The molecule has 0 atom stereocenters. The smallest absolute Gasteiger partial charge is 0.216 e. The van der Waals surface area contributed by atoms with Crippen LogP contribution in [0.1, 0.15) is 18.1 Å². The predicted molar refractivity (Wildman–Crippen MR) is 66.8 cm³/mol. The maximum atomic E-state index is 10.9. The molecular formula is C13H15N3O2. The summed E-state index contributed by atoms with van der Waals surface area (Å²) in [6, 6.07) is 1.96. The first-order chi connectivity index (χ1) is 8.75. The van der Waals surface area contributed by atoms with Crippen molar-refractivity contribution in [2.75, 3.05) is 13.2 Å². The van der Waals surface area contributed by atoms with Gasteiger partial charge in [0.25, 0.3) is 0 Å². The topological polar surface area (TPSA) is 55.6 Å². The normalized spacial score (nSPS) is 13.4. The molecule has 0 aliphatic carbocycles. The summed E-state index contributed by atoms with van der Waals surface area (Å²) < 4.78 is 7.45. The van der Waals surface area contributed by atoms with Crippen LogP contribution >= 0.6 is 0 Å². The van der Waals surface area contributed by atoms with Gasteiger partial charge in [0, 0.05) is 37.2 Å². The number of fused-ring (bicyclic) bond motifs is 3. The number of amides is 1. The number of ether oxygens (including phenoxy) is 1. The van der Waals surface area contributed by atoms with Gasteiger partial charge in [-0.05, 0) is 12.5 Å². The van der Waals surface area contributed by atoms with Gasteiger partial charge in [-0.25, -0.2) is 4.52 Å². The van der Waals surface area contributed by atoms with E-state index in [1.807, 2.05) is 23.0 Å². The van der Waals surface area contributed by atoms with Gasteiger partial charge in [-0.2, -0.15) is 5.10 Å². The van der Waals surface area contributed by atoms with Crippen LogP contribution in [0.3, 0.4) is 0 Å². The molecule has 0 bridgehead atoms. The van der Waals surface area contributed by atoms with Gasteiger partial charge < -0.3 is 10.1 Å². The molecule has 18 heavy (non-hydrogen) atoms. The molecule has 1 aliphatic heterocycles. The second kappa shape index (κ2) is 4.33. The third-order valence-corrected chi connectivity index (χ3v) is 3.20. The maximum Gasteiger partial charge on any atom is 0.216 e. The van der Waals surface area contributed by atoms with E-state index in [1.165, 1.54) is 12.5 Å². The van der Waals surface area contributed by atoms with Gasteiger partial charge in [-0.3, -0.25) is 4.79 Å². The number of hydrogen-bond acceptors (Lipinski definition) is 3. The van der Waals surface area contributed by atoms with Crippen molar-refractivity contribution < 1.29 is 9.53 Å². The quantitative estimate of drug-likeness (QED) is 0.876. The van der Waals surface area contributed by atoms with Gasteiger partial charge in [0.1, 0.15) is 5.75 Å². The minimum Gasteiger partial charge on any atom is -0.493 e. The second-order valence-electron chi connectivity index (χ2n) is 4.45. The summed E-state index contributed by atoms with van der Waals surface area (Å²) in [5, 5.41) is 7.15. The van der Waals surface area contributed by atoms with Crippen molar-refractivity contribution in [3.8, 4) is 5.75 Å². The maximum absolute atomic E-state index is 10.9. The minimum atomic E-state index is 0.0000335. The summed E-state index contributed by atoms with van der Waals surface area (Å²) in [7, 11) is 0. The monoisotopic (exact) mass is 245 g/mol. The molecule has 0 aromatic carbocycles. The van der Waals surface area contributed by atoms with E-state index in [4.69, 9.17) is 4.74 Å². The van der Waals surface area contributed by atoms with E-state index in [-0.39, 0.29) is 5.91 Å². The van der Waals surface area contributed by atoms with Gasteiger partial charge in [0.2, 0.25) is 5.91 Å². The van der Waals surface area contributed by atoms with E-state index < -0.39 is 0 Å². The van der Waals surface area contributed by atoms with Crippen molar-refractivity contribution in [3.05, 3.63) is 29.6 Å². The van der Waals surface area contributed by atoms with Crippen molar-refractivity contribution in [2.24, 2.45) is 0 Å². The van der Waals surface area contributed by atoms with Crippen molar-refractivity contribution in [2.45, 2.75) is 19.8 Å². The van der Waals surface area contributed by atoms with Gasteiger partial charge in [0.05, 0.1) is 18.3 Å². The molecule has 0 unspecified atom stereocenters. The lowest BCUT2D eigenvalue weighted by molar-refractivity contribution is -0.118. The molecule has 5 heteroatoms. The Balaban J connectivity index is 1.93. The summed E-state index contributed by atoms with van der Waals surface area (Å²) in [5.74, 6) is 0.962. The number of pyridine rings is 1. The molecule has 0 saturated carbocycles. The van der Waals surface area contributed by atoms with Crippen molar-refractivity contribution >= 4 is 11.4 Å². The molecule has 94 valence electrons. The highest BCUT2D eigenvalue weighted by Crippen LogP contribution is 2.30. The highest BCUT2D eigenvalue weighted by molar-refractivity contribution is 5.73. The molecule has 2 aromatic rings. The molecule has 3 rings (SSSR count). The van der Waals surface area contributed by atoms with E-state index in [9.17, 15) is 4.79 Å². The lowest BCUT2D eigenvalue weighted by Crippen LogP contribution is -2.22. The van der Waals surface area contributed by atoms with Gasteiger partial charge >= 0.3 is 0 Å². The lowest BCUT2D eigenvalue weighted by atomic mass is 10.1. The van der Waals surface area contributed by atoms with Crippen LogP contribution in [0, 0.1) is 0 Å². The molecule has 0 spiro atoms. The predicted octanol–water partition coefficient (Wildman–Crippen LogP) is 0.948. The number of aromatic nitrogens is 2. The van der Waals surface area contributed by atoms with Crippen LogP contribution in [0.15, 0.2) is 18.5 Å². The zero-order valence-electron chi connectivity index (χ0n) is 10.3. The average molecular weight is 245 g/mol. The average Bonchev–Trinajstić information content (AvgIpc) is 2.93. The fourth-order valence-electron chi connectivity index (χ4n) is 2.39. The SMILES string of the molecule is CC(=O)NCCc1cnn2ccc3c(c12)CCO3. The standard InChI is InChI=1S/C13H15N3O2/c1-9(17)14-5-2-10-8-15-16-6-3-12-11(13(10)16)4-7-18-12/h3,6,8H,2,4-5,7H2,1H3,(H,14,17). The Morgan fingerprint density at radius 2 is 2.50 bits per heavy atom. The molecule has 3 heterocycles. The first-order valence-corrected chi connectivity index (χ1v) is 6.11. The summed E-state index contributed by atoms with van der Waals surface area (Å²) in [4.78, 5) is 10.9. The lowest BCUT2D eigenvalue weighted by Gasteiger charge is -2.04. The Bertz CT molecular complexity index is 604. The number of nitrogens with zero attached hydrogens (tertiary/aromatic N) is 2.